The van der Waals surface area contributed by atoms with E-state index in [1.54, 1.807) is 6.92 Å². The van der Waals surface area contributed by atoms with Crippen LogP contribution in [0.25, 0.3) is 0 Å². The molecule has 0 aromatic heterocycles. The van der Waals surface area contributed by atoms with Crippen molar-refractivity contribution in [3.8, 4) is 0 Å². The summed E-state index contributed by atoms with van der Waals surface area (Å²) in [6.45, 7) is 9.28. The molecule has 0 fully saturated rings. The number of hydrogen-bond acceptors (Lipinski definition) is 9. The maximum Gasteiger partial charge on any atom is 0.326 e. The number of amides is 5. The van der Waals surface area contributed by atoms with Gasteiger partial charge < -0.3 is 48.9 Å². The summed E-state index contributed by atoms with van der Waals surface area (Å²) in [5.74, 6) is -4.27. The van der Waals surface area contributed by atoms with Gasteiger partial charge in [-0.15, -0.1) is 0 Å². The van der Waals surface area contributed by atoms with Gasteiger partial charge in [0.25, 0.3) is 0 Å². The van der Waals surface area contributed by atoms with Gasteiger partial charge in [0.05, 0.1) is 12.6 Å². The molecule has 0 aliphatic carbocycles. The quantitative estimate of drug-likeness (QED) is 0.0612. The highest BCUT2D eigenvalue weighted by atomic mass is 16.4. The molecule has 6 atom stereocenters. The average molecular weight is 629 g/mol. The highest BCUT2D eigenvalue weighted by molar-refractivity contribution is 5.95. The van der Waals surface area contributed by atoms with Crippen molar-refractivity contribution in [1.82, 2.24) is 26.6 Å². The number of unbranched alkanes of at least 4 members (excludes halogenated alkanes) is 2. The summed E-state index contributed by atoms with van der Waals surface area (Å²) in [6, 6.07) is -4.93. The smallest absolute Gasteiger partial charge is 0.326 e. The lowest BCUT2D eigenvalue weighted by Gasteiger charge is -2.27. The van der Waals surface area contributed by atoms with Crippen LogP contribution in [0.2, 0.25) is 0 Å². The van der Waals surface area contributed by atoms with Gasteiger partial charge in [-0.2, -0.15) is 0 Å². The second-order valence-corrected chi connectivity index (χ2v) is 11.6. The van der Waals surface area contributed by atoms with Gasteiger partial charge in [0.2, 0.25) is 29.5 Å². The Balaban J connectivity index is 5.34. The normalized spacial score (nSPS) is 15.2. The third-order valence-electron chi connectivity index (χ3n) is 7.19. The molecule has 15 nitrogen and oxygen atoms in total. The van der Waals surface area contributed by atoms with E-state index in [-0.39, 0.29) is 24.7 Å². The minimum absolute atomic E-state index is 0.188. The SMILES string of the molecule is CCC(C)C(NC(=O)C(N)CC(C)C)C(=O)NC(C)C(=O)NC(CCCCN)C(=O)NCC(=O)NC(CCCCN)C(=O)O. The Bertz CT molecular complexity index is 933. The molecule has 0 rings (SSSR count). The van der Waals surface area contributed by atoms with E-state index in [1.165, 1.54) is 6.92 Å². The maximum absolute atomic E-state index is 13.1. The summed E-state index contributed by atoms with van der Waals surface area (Å²) in [7, 11) is 0. The highest BCUT2D eigenvalue weighted by Crippen LogP contribution is 2.11. The van der Waals surface area contributed by atoms with E-state index in [9.17, 15) is 33.9 Å². The van der Waals surface area contributed by atoms with E-state index in [2.05, 4.69) is 26.6 Å². The molecule has 44 heavy (non-hydrogen) atoms. The zero-order valence-corrected chi connectivity index (χ0v) is 26.9. The van der Waals surface area contributed by atoms with Crippen LogP contribution in [-0.2, 0) is 28.8 Å². The summed E-state index contributed by atoms with van der Waals surface area (Å²) in [5, 5.41) is 22.1. The van der Waals surface area contributed by atoms with Crippen molar-refractivity contribution in [2.24, 2.45) is 29.0 Å². The van der Waals surface area contributed by atoms with E-state index in [4.69, 9.17) is 17.2 Å². The van der Waals surface area contributed by atoms with Crippen LogP contribution in [-0.4, -0.2) is 90.5 Å². The molecule has 0 saturated heterocycles. The van der Waals surface area contributed by atoms with Gasteiger partial charge in [-0.25, -0.2) is 4.79 Å². The molecular formula is C29H56N8O7. The van der Waals surface area contributed by atoms with E-state index in [0.717, 1.165) is 0 Å². The second-order valence-electron chi connectivity index (χ2n) is 11.6. The molecule has 0 heterocycles. The Hall–Kier alpha value is -3.30. The minimum atomic E-state index is -1.20. The average Bonchev–Trinajstić information content (AvgIpc) is 2.96. The fraction of sp³-hybridized carbons (Fsp3) is 0.793. The van der Waals surface area contributed by atoms with Crippen LogP contribution in [0.1, 0.15) is 86.0 Å². The lowest BCUT2D eigenvalue weighted by atomic mass is 9.96. The Morgan fingerprint density at radius 2 is 1.27 bits per heavy atom. The molecule has 5 amide bonds. The molecule has 254 valence electrons. The summed E-state index contributed by atoms with van der Waals surface area (Å²) < 4.78 is 0. The summed E-state index contributed by atoms with van der Waals surface area (Å²) in [6.07, 6.45) is 3.65. The van der Waals surface area contributed by atoms with Gasteiger partial charge in [-0.1, -0.05) is 34.1 Å². The lowest BCUT2D eigenvalue weighted by molar-refractivity contribution is -0.142. The summed E-state index contributed by atoms with van der Waals surface area (Å²) >= 11 is 0. The predicted octanol–water partition coefficient (Wildman–Crippen LogP) is -1.18. The molecule has 12 N–H and O–H groups in total. The molecule has 0 aromatic carbocycles. The monoisotopic (exact) mass is 628 g/mol. The molecule has 0 bridgehead atoms. The number of carboxylic acids is 1. The Morgan fingerprint density at radius 1 is 0.705 bits per heavy atom. The molecular weight excluding hydrogens is 572 g/mol. The third-order valence-corrected chi connectivity index (χ3v) is 7.19. The third kappa shape index (κ3) is 16.5. The maximum atomic E-state index is 13.1. The molecule has 0 aliphatic heterocycles. The van der Waals surface area contributed by atoms with Gasteiger partial charge >= 0.3 is 5.97 Å². The molecule has 0 spiro atoms. The standard InChI is InChI=1S/C29H56N8O7/c1-6-18(4)24(37-26(40)20(32)15-17(2)3)28(42)34-19(5)25(39)36-21(11-7-9-13-30)27(41)33-16-23(38)35-22(29(43)44)12-8-10-14-31/h17-22,24H,6-16,30-32H2,1-5H3,(H,33,41)(H,34,42)(H,35,38)(H,36,39)(H,37,40)(H,43,44). The van der Waals surface area contributed by atoms with Crippen molar-refractivity contribution in [1.29, 1.82) is 0 Å². The van der Waals surface area contributed by atoms with E-state index >= 15 is 0 Å². The van der Waals surface area contributed by atoms with Crippen molar-refractivity contribution in [3.05, 3.63) is 0 Å². The van der Waals surface area contributed by atoms with Crippen LogP contribution in [0, 0.1) is 11.8 Å². The molecule has 0 aromatic rings. The number of carbonyl (C=O) groups excluding carboxylic acids is 5. The van der Waals surface area contributed by atoms with Crippen LogP contribution in [0.15, 0.2) is 0 Å². The Kier molecular flexibility index (Phi) is 20.6. The first kappa shape index (κ1) is 40.7. The van der Waals surface area contributed by atoms with E-state index < -0.39 is 72.3 Å². The number of rotatable bonds is 23. The molecule has 0 aliphatic rings. The number of aliphatic carboxylic acids is 1. The van der Waals surface area contributed by atoms with Crippen LogP contribution >= 0.6 is 0 Å². The number of carboxylic acid groups (broad SMARTS) is 1. The van der Waals surface area contributed by atoms with Gasteiger partial charge in [-0.05, 0) is 76.8 Å². The predicted molar refractivity (Wildman–Crippen MR) is 167 cm³/mol. The van der Waals surface area contributed by atoms with Crippen molar-refractivity contribution >= 4 is 35.5 Å². The molecule has 15 heteroatoms. The van der Waals surface area contributed by atoms with Gasteiger partial charge in [0.15, 0.2) is 0 Å². The zero-order valence-electron chi connectivity index (χ0n) is 26.9. The number of nitrogens with two attached hydrogens (primary N) is 3. The van der Waals surface area contributed by atoms with Crippen LogP contribution in [0.4, 0.5) is 0 Å². The lowest BCUT2D eigenvalue weighted by Crippen LogP contribution is -2.58. The number of carbonyl (C=O) groups is 6. The highest BCUT2D eigenvalue weighted by Gasteiger charge is 2.31. The van der Waals surface area contributed by atoms with Crippen molar-refractivity contribution in [3.63, 3.8) is 0 Å². The Labute approximate surface area is 260 Å². The molecule has 6 unspecified atom stereocenters. The first-order valence-electron chi connectivity index (χ1n) is 15.5. The zero-order chi connectivity index (χ0) is 33.8. The van der Waals surface area contributed by atoms with E-state index in [0.29, 0.717) is 51.6 Å². The fourth-order valence-electron chi connectivity index (χ4n) is 4.29. The van der Waals surface area contributed by atoms with Gasteiger partial charge in [0, 0.05) is 0 Å². The molecule has 0 saturated carbocycles. The van der Waals surface area contributed by atoms with Crippen LogP contribution < -0.4 is 43.8 Å². The molecule has 0 radical (unpaired) electrons. The van der Waals surface area contributed by atoms with Crippen LogP contribution in [0.3, 0.4) is 0 Å². The Morgan fingerprint density at radius 3 is 1.77 bits per heavy atom. The topological polar surface area (TPSA) is 261 Å². The second kappa shape index (κ2) is 22.2. The van der Waals surface area contributed by atoms with Gasteiger partial charge in [-0.3, -0.25) is 24.0 Å². The summed E-state index contributed by atoms with van der Waals surface area (Å²) in [4.78, 5) is 75.5. The van der Waals surface area contributed by atoms with Crippen molar-refractivity contribution < 1.29 is 33.9 Å². The number of hydrogen-bond donors (Lipinski definition) is 9. The fourth-order valence-corrected chi connectivity index (χ4v) is 4.29. The van der Waals surface area contributed by atoms with E-state index in [1.807, 2.05) is 20.8 Å². The van der Waals surface area contributed by atoms with Crippen molar-refractivity contribution in [2.45, 2.75) is 116 Å². The first-order valence-corrected chi connectivity index (χ1v) is 15.5. The van der Waals surface area contributed by atoms with Crippen LogP contribution in [0.5, 0.6) is 0 Å². The first-order chi connectivity index (χ1) is 20.7. The van der Waals surface area contributed by atoms with Crippen molar-refractivity contribution in [2.75, 3.05) is 19.6 Å². The minimum Gasteiger partial charge on any atom is -0.480 e. The summed E-state index contributed by atoms with van der Waals surface area (Å²) in [5.41, 5.74) is 17.0. The largest absolute Gasteiger partial charge is 0.480 e. The number of nitrogens with one attached hydrogen (secondary N) is 5. The van der Waals surface area contributed by atoms with Gasteiger partial charge in [0.1, 0.15) is 24.2 Å².